The predicted octanol–water partition coefficient (Wildman–Crippen LogP) is 5.07. The SMILES string of the molecule is CC(C)C(NC(=O)CCc1ccc(Cl)cc1)C(=O)N1CCN(c2ccc(Cl)c(Cl)c2)CC1. The number of aryl methyl sites for hydroxylation is 1. The van der Waals surface area contributed by atoms with Crippen molar-refractivity contribution >= 4 is 52.3 Å². The minimum Gasteiger partial charge on any atom is -0.368 e. The molecule has 2 amide bonds. The monoisotopic (exact) mass is 495 g/mol. The fourth-order valence-corrected chi connectivity index (χ4v) is 4.15. The van der Waals surface area contributed by atoms with Crippen molar-refractivity contribution in [1.82, 2.24) is 10.2 Å². The van der Waals surface area contributed by atoms with Crippen LogP contribution in [0.4, 0.5) is 5.69 Å². The van der Waals surface area contributed by atoms with Crippen LogP contribution >= 0.6 is 34.8 Å². The summed E-state index contributed by atoms with van der Waals surface area (Å²) in [5.41, 5.74) is 2.03. The van der Waals surface area contributed by atoms with E-state index in [-0.39, 0.29) is 17.7 Å². The van der Waals surface area contributed by atoms with Crippen LogP contribution < -0.4 is 10.2 Å². The molecule has 1 fully saturated rings. The molecule has 0 radical (unpaired) electrons. The number of amides is 2. The van der Waals surface area contributed by atoms with Gasteiger partial charge in [-0.15, -0.1) is 0 Å². The maximum absolute atomic E-state index is 13.2. The van der Waals surface area contributed by atoms with Gasteiger partial charge in [0, 0.05) is 43.3 Å². The molecular formula is C24H28Cl3N3O2. The third-order valence-electron chi connectivity index (χ3n) is 5.66. The molecule has 1 heterocycles. The molecule has 8 heteroatoms. The number of benzene rings is 2. The van der Waals surface area contributed by atoms with Crippen LogP contribution in [-0.2, 0) is 16.0 Å². The summed E-state index contributed by atoms with van der Waals surface area (Å²) in [4.78, 5) is 29.7. The molecule has 1 N–H and O–H groups in total. The van der Waals surface area contributed by atoms with Gasteiger partial charge in [0.25, 0.3) is 0 Å². The predicted molar refractivity (Wildman–Crippen MR) is 132 cm³/mol. The van der Waals surface area contributed by atoms with Gasteiger partial charge in [0.2, 0.25) is 11.8 Å². The normalized spacial score (nSPS) is 15.1. The Hall–Kier alpha value is -1.95. The van der Waals surface area contributed by atoms with Gasteiger partial charge in [-0.05, 0) is 48.2 Å². The summed E-state index contributed by atoms with van der Waals surface area (Å²) in [5.74, 6) is -0.162. The van der Waals surface area contributed by atoms with E-state index in [0.717, 1.165) is 11.3 Å². The summed E-state index contributed by atoms with van der Waals surface area (Å²) in [5, 5.41) is 4.66. The number of piperazine rings is 1. The van der Waals surface area contributed by atoms with E-state index in [1.54, 1.807) is 6.07 Å². The molecule has 0 aliphatic carbocycles. The molecule has 0 spiro atoms. The number of halogens is 3. The van der Waals surface area contributed by atoms with E-state index in [2.05, 4.69) is 10.2 Å². The van der Waals surface area contributed by atoms with E-state index in [9.17, 15) is 9.59 Å². The lowest BCUT2D eigenvalue weighted by Gasteiger charge is -2.38. The Kier molecular flexibility index (Phi) is 8.69. The molecular weight excluding hydrogens is 469 g/mol. The highest BCUT2D eigenvalue weighted by Gasteiger charge is 2.30. The van der Waals surface area contributed by atoms with Crippen LogP contribution in [0.1, 0.15) is 25.8 Å². The highest BCUT2D eigenvalue weighted by atomic mass is 35.5. The topological polar surface area (TPSA) is 52.7 Å². The molecule has 2 aromatic carbocycles. The number of carbonyl (C=O) groups is 2. The van der Waals surface area contributed by atoms with E-state index < -0.39 is 6.04 Å². The van der Waals surface area contributed by atoms with Gasteiger partial charge in [0.05, 0.1) is 10.0 Å². The van der Waals surface area contributed by atoms with Gasteiger partial charge >= 0.3 is 0 Å². The van der Waals surface area contributed by atoms with Gasteiger partial charge in [-0.3, -0.25) is 9.59 Å². The third-order valence-corrected chi connectivity index (χ3v) is 6.65. The Morgan fingerprint density at radius 3 is 2.19 bits per heavy atom. The van der Waals surface area contributed by atoms with Crippen LogP contribution in [0.25, 0.3) is 0 Å². The third kappa shape index (κ3) is 6.53. The molecule has 1 atom stereocenters. The van der Waals surface area contributed by atoms with Crippen molar-refractivity contribution in [3.63, 3.8) is 0 Å². The Bertz CT molecular complexity index is 942. The summed E-state index contributed by atoms with van der Waals surface area (Å²) >= 11 is 18.1. The van der Waals surface area contributed by atoms with Crippen LogP contribution in [-0.4, -0.2) is 48.9 Å². The van der Waals surface area contributed by atoms with Crippen molar-refractivity contribution in [2.24, 2.45) is 5.92 Å². The van der Waals surface area contributed by atoms with Gasteiger partial charge < -0.3 is 15.1 Å². The van der Waals surface area contributed by atoms with E-state index in [1.807, 2.05) is 55.1 Å². The van der Waals surface area contributed by atoms with Crippen molar-refractivity contribution in [2.45, 2.75) is 32.7 Å². The second kappa shape index (κ2) is 11.3. The lowest BCUT2D eigenvalue weighted by atomic mass is 10.0. The van der Waals surface area contributed by atoms with Gasteiger partial charge in [-0.25, -0.2) is 0 Å². The summed E-state index contributed by atoms with van der Waals surface area (Å²) in [7, 11) is 0. The summed E-state index contributed by atoms with van der Waals surface area (Å²) in [6.45, 7) is 6.46. The van der Waals surface area contributed by atoms with Crippen LogP contribution in [0, 0.1) is 5.92 Å². The van der Waals surface area contributed by atoms with Crippen molar-refractivity contribution in [2.75, 3.05) is 31.1 Å². The number of nitrogens with zero attached hydrogens (tertiary/aromatic N) is 2. The van der Waals surface area contributed by atoms with Crippen molar-refractivity contribution in [3.8, 4) is 0 Å². The molecule has 1 aliphatic rings. The first-order valence-corrected chi connectivity index (χ1v) is 11.9. The smallest absolute Gasteiger partial charge is 0.245 e. The molecule has 0 saturated carbocycles. The zero-order chi connectivity index (χ0) is 23.3. The average Bonchev–Trinajstić information content (AvgIpc) is 2.78. The number of hydrogen-bond donors (Lipinski definition) is 1. The second-order valence-corrected chi connectivity index (χ2v) is 9.58. The largest absolute Gasteiger partial charge is 0.368 e. The van der Waals surface area contributed by atoms with Crippen molar-refractivity contribution in [1.29, 1.82) is 0 Å². The molecule has 2 aromatic rings. The molecule has 0 bridgehead atoms. The quantitative estimate of drug-likeness (QED) is 0.582. The van der Waals surface area contributed by atoms with Crippen LogP contribution in [0.3, 0.4) is 0 Å². The maximum atomic E-state index is 13.2. The molecule has 1 aliphatic heterocycles. The zero-order valence-corrected chi connectivity index (χ0v) is 20.6. The Labute approximate surface area is 204 Å². The minimum absolute atomic E-state index is 0.00455. The van der Waals surface area contributed by atoms with Crippen LogP contribution in [0.2, 0.25) is 15.1 Å². The van der Waals surface area contributed by atoms with Gasteiger partial charge in [-0.1, -0.05) is 60.8 Å². The number of carbonyl (C=O) groups excluding carboxylic acids is 2. The van der Waals surface area contributed by atoms with E-state index >= 15 is 0 Å². The van der Waals surface area contributed by atoms with Crippen LogP contribution in [0.5, 0.6) is 0 Å². The van der Waals surface area contributed by atoms with Gasteiger partial charge in [0.1, 0.15) is 6.04 Å². The lowest BCUT2D eigenvalue weighted by Crippen LogP contribution is -2.56. The molecule has 1 unspecified atom stereocenters. The van der Waals surface area contributed by atoms with Crippen molar-refractivity contribution in [3.05, 3.63) is 63.1 Å². The summed E-state index contributed by atoms with van der Waals surface area (Å²) in [6, 6.07) is 12.5. The number of nitrogens with one attached hydrogen (secondary N) is 1. The minimum atomic E-state index is -0.538. The summed E-state index contributed by atoms with van der Waals surface area (Å²) in [6.07, 6.45) is 0.924. The first kappa shape index (κ1) is 24.7. The van der Waals surface area contributed by atoms with Gasteiger partial charge in [0.15, 0.2) is 0 Å². The van der Waals surface area contributed by atoms with Crippen molar-refractivity contribution < 1.29 is 9.59 Å². The standard InChI is InChI=1S/C24H28Cl3N3O2/c1-16(2)23(28-22(31)10-5-17-3-6-18(25)7-4-17)24(32)30-13-11-29(12-14-30)19-8-9-20(26)21(27)15-19/h3-4,6-9,15-16,23H,5,10-14H2,1-2H3,(H,28,31). The highest BCUT2D eigenvalue weighted by molar-refractivity contribution is 6.42. The van der Waals surface area contributed by atoms with Gasteiger partial charge in [-0.2, -0.15) is 0 Å². The first-order valence-electron chi connectivity index (χ1n) is 10.8. The number of rotatable bonds is 7. The van der Waals surface area contributed by atoms with E-state index in [4.69, 9.17) is 34.8 Å². The maximum Gasteiger partial charge on any atom is 0.245 e. The summed E-state index contributed by atoms with van der Waals surface area (Å²) < 4.78 is 0. The lowest BCUT2D eigenvalue weighted by molar-refractivity contribution is -0.138. The Balaban J connectivity index is 1.53. The zero-order valence-electron chi connectivity index (χ0n) is 18.3. The Morgan fingerprint density at radius 2 is 1.59 bits per heavy atom. The first-order chi connectivity index (χ1) is 15.2. The number of anilines is 1. The van der Waals surface area contributed by atoms with E-state index in [1.165, 1.54) is 0 Å². The second-order valence-electron chi connectivity index (χ2n) is 8.33. The molecule has 32 heavy (non-hydrogen) atoms. The Morgan fingerprint density at radius 1 is 0.938 bits per heavy atom. The van der Waals surface area contributed by atoms with Crippen LogP contribution in [0.15, 0.2) is 42.5 Å². The fraction of sp³-hybridized carbons (Fsp3) is 0.417. The molecule has 172 valence electrons. The fourth-order valence-electron chi connectivity index (χ4n) is 3.73. The molecule has 5 nitrogen and oxygen atoms in total. The average molecular weight is 497 g/mol. The molecule has 3 rings (SSSR count). The molecule has 0 aromatic heterocycles. The molecule has 1 saturated heterocycles. The highest BCUT2D eigenvalue weighted by Crippen LogP contribution is 2.28. The van der Waals surface area contributed by atoms with E-state index in [0.29, 0.717) is 54.1 Å². The number of hydrogen-bond acceptors (Lipinski definition) is 3.